The van der Waals surface area contributed by atoms with Crippen molar-refractivity contribution in [3.8, 4) is 17.2 Å². The van der Waals surface area contributed by atoms with E-state index >= 15 is 0 Å². The van der Waals surface area contributed by atoms with E-state index in [9.17, 15) is 0 Å². The molecule has 0 aliphatic carbocycles. The van der Waals surface area contributed by atoms with Crippen LogP contribution in [0.25, 0.3) is 0 Å². The summed E-state index contributed by atoms with van der Waals surface area (Å²) in [7, 11) is 1.65. The molecule has 0 bridgehead atoms. The molecule has 0 amide bonds. The topological polar surface area (TPSA) is 69.9 Å². The van der Waals surface area contributed by atoms with Crippen molar-refractivity contribution in [1.29, 1.82) is 0 Å². The lowest BCUT2D eigenvalue weighted by Gasteiger charge is -2.30. The molecule has 7 nitrogen and oxygen atoms in total. The summed E-state index contributed by atoms with van der Waals surface area (Å²) in [6, 6.07) is 4.07. The second-order valence-electron chi connectivity index (χ2n) is 6.25. The van der Waals surface area contributed by atoms with Crippen LogP contribution in [-0.4, -0.2) is 42.0 Å². The predicted octanol–water partition coefficient (Wildman–Crippen LogP) is 2.49. The summed E-state index contributed by atoms with van der Waals surface area (Å²) in [6.45, 7) is 4.97. The molecule has 3 heterocycles. The Morgan fingerprint density at radius 3 is 2.79 bits per heavy atom. The van der Waals surface area contributed by atoms with Crippen LogP contribution in [0.15, 0.2) is 16.7 Å². The average molecular weight is 331 g/mol. The Hall–Kier alpha value is -2.28. The molecule has 0 spiro atoms. The van der Waals surface area contributed by atoms with E-state index in [1.54, 1.807) is 7.11 Å². The molecule has 1 saturated heterocycles. The number of hydrogen-bond acceptors (Lipinski definition) is 7. The van der Waals surface area contributed by atoms with Crippen LogP contribution in [0.1, 0.15) is 36.0 Å². The number of fused-ring (bicyclic) bond motifs is 1. The maximum atomic E-state index is 5.50. The van der Waals surface area contributed by atoms with Gasteiger partial charge in [-0.2, -0.15) is 4.98 Å². The molecular formula is C17H21N3O4. The Morgan fingerprint density at radius 1 is 1.25 bits per heavy atom. The largest absolute Gasteiger partial charge is 0.493 e. The Morgan fingerprint density at radius 2 is 2.08 bits per heavy atom. The van der Waals surface area contributed by atoms with Crippen LogP contribution >= 0.6 is 0 Å². The van der Waals surface area contributed by atoms with Crippen molar-refractivity contribution in [3.05, 3.63) is 29.4 Å². The van der Waals surface area contributed by atoms with Gasteiger partial charge in [0.15, 0.2) is 17.3 Å². The number of hydrogen-bond donors (Lipinski definition) is 0. The highest BCUT2D eigenvalue weighted by Gasteiger charge is 2.25. The minimum absolute atomic E-state index is 0.255. The quantitative estimate of drug-likeness (QED) is 0.852. The van der Waals surface area contributed by atoms with Crippen LogP contribution in [0.4, 0.5) is 0 Å². The summed E-state index contributed by atoms with van der Waals surface area (Å²) in [6.07, 6.45) is 2.08. The van der Waals surface area contributed by atoms with Crippen molar-refractivity contribution in [2.75, 3.05) is 27.0 Å². The van der Waals surface area contributed by atoms with Crippen molar-refractivity contribution in [3.63, 3.8) is 0 Å². The number of aromatic nitrogens is 2. The fourth-order valence-corrected chi connectivity index (χ4v) is 3.36. The fourth-order valence-electron chi connectivity index (χ4n) is 3.36. The molecule has 1 aromatic heterocycles. The van der Waals surface area contributed by atoms with Gasteiger partial charge in [-0.3, -0.25) is 4.90 Å². The molecule has 4 rings (SSSR count). The first kappa shape index (κ1) is 15.3. The Labute approximate surface area is 140 Å². The average Bonchev–Trinajstić information content (AvgIpc) is 3.23. The van der Waals surface area contributed by atoms with Crippen LogP contribution in [0, 0.1) is 6.92 Å². The predicted molar refractivity (Wildman–Crippen MR) is 85.4 cm³/mol. The molecule has 0 atom stereocenters. The van der Waals surface area contributed by atoms with Crippen molar-refractivity contribution < 1.29 is 18.7 Å². The minimum Gasteiger partial charge on any atom is -0.493 e. The first-order valence-corrected chi connectivity index (χ1v) is 8.22. The zero-order valence-corrected chi connectivity index (χ0v) is 13.9. The monoisotopic (exact) mass is 331 g/mol. The number of likely N-dealkylation sites (tertiary alicyclic amines) is 1. The lowest BCUT2D eigenvalue weighted by Crippen LogP contribution is -2.32. The normalized spacial score (nSPS) is 18.1. The van der Waals surface area contributed by atoms with Gasteiger partial charge >= 0.3 is 0 Å². The van der Waals surface area contributed by atoms with Crippen molar-refractivity contribution in [1.82, 2.24) is 15.0 Å². The van der Waals surface area contributed by atoms with Gasteiger partial charge in [-0.1, -0.05) is 5.16 Å². The highest BCUT2D eigenvalue weighted by Crippen LogP contribution is 2.42. The zero-order chi connectivity index (χ0) is 16.5. The van der Waals surface area contributed by atoms with Crippen molar-refractivity contribution in [2.24, 2.45) is 0 Å². The molecule has 0 radical (unpaired) electrons. The number of aryl methyl sites for hydroxylation is 1. The maximum Gasteiger partial charge on any atom is 0.231 e. The van der Waals surface area contributed by atoms with Crippen LogP contribution in [0.3, 0.4) is 0 Å². The Bertz CT molecular complexity index is 723. The number of benzene rings is 1. The maximum absolute atomic E-state index is 5.50. The molecule has 2 aliphatic heterocycles. The van der Waals surface area contributed by atoms with Gasteiger partial charge in [0.1, 0.15) is 0 Å². The van der Waals surface area contributed by atoms with E-state index in [0.717, 1.165) is 49.8 Å². The highest BCUT2D eigenvalue weighted by atomic mass is 16.7. The summed E-state index contributed by atoms with van der Waals surface area (Å²) < 4.78 is 21.5. The zero-order valence-electron chi connectivity index (χ0n) is 13.9. The SMILES string of the molecule is COc1cc(CN2CCC(c3noc(C)n3)CC2)cc2c1OCO2. The second kappa shape index (κ2) is 6.32. The summed E-state index contributed by atoms with van der Waals surface area (Å²) >= 11 is 0. The van der Waals surface area contributed by atoms with Gasteiger partial charge in [-0.05, 0) is 43.6 Å². The fraction of sp³-hybridized carbons (Fsp3) is 0.529. The smallest absolute Gasteiger partial charge is 0.231 e. The highest BCUT2D eigenvalue weighted by molar-refractivity contribution is 5.55. The molecular weight excluding hydrogens is 310 g/mol. The molecule has 7 heteroatoms. The third kappa shape index (κ3) is 2.91. The van der Waals surface area contributed by atoms with Gasteiger partial charge in [0.05, 0.1) is 7.11 Å². The van der Waals surface area contributed by atoms with Gasteiger partial charge in [-0.25, -0.2) is 0 Å². The van der Waals surface area contributed by atoms with Crippen LogP contribution in [0.5, 0.6) is 17.2 Å². The van der Waals surface area contributed by atoms with E-state index in [0.29, 0.717) is 17.6 Å². The van der Waals surface area contributed by atoms with Crippen LogP contribution in [0.2, 0.25) is 0 Å². The summed E-state index contributed by atoms with van der Waals surface area (Å²) in [5, 5.41) is 4.06. The van der Waals surface area contributed by atoms with Crippen LogP contribution < -0.4 is 14.2 Å². The van der Waals surface area contributed by atoms with Crippen molar-refractivity contribution >= 4 is 0 Å². The van der Waals surface area contributed by atoms with Gasteiger partial charge in [0, 0.05) is 19.4 Å². The Balaban J connectivity index is 1.40. The first-order chi connectivity index (χ1) is 11.7. The molecule has 2 aliphatic rings. The lowest BCUT2D eigenvalue weighted by molar-refractivity contribution is 0.171. The molecule has 0 N–H and O–H groups in total. The summed E-state index contributed by atoms with van der Waals surface area (Å²) in [4.78, 5) is 6.79. The second-order valence-corrected chi connectivity index (χ2v) is 6.25. The van der Waals surface area contributed by atoms with Gasteiger partial charge in [-0.15, -0.1) is 0 Å². The Kier molecular flexibility index (Phi) is 4.02. The number of methoxy groups -OCH3 is 1. The number of piperidine rings is 1. The third-order valence-corrected chi connectivity index (χ3v) is 4.62. The number of rotatable bonds is 4. The van der Waals surface area contributed by atoms with Crippen molar-refractivity contribution in [2.45, 2.75) is 32.2 Å². The minimum atomic E-state index is 0.255. The molecule has 24 heavy (non-hydrogen) atoms. The molecule has 0 saturated carbocycles. The summed E-state index contributed by atoms with van der Waals surface area (Å²) in [5.41, 5.74) is 1.17. The molecule has 128 valence electrons. The number of nitrogens with zero attached hydrogens (tertiary/aromatic N) is 3. The van der Waals surface area contributed by atoms with Gasteiger partial charge in [0.2, 0.25) is 18.4 Å². The van der Waals surface area contributed by atoms with Gasteiger partial charge in [0.25, 0.3) is 0 Å². The van der Waals surface area contributed by atoms with E-state index in [4.69, 9.17) is 18.7 Å². The van der Waals surface area contributed by atoms with E-state index in [1.807, 2.05) is 19.1 Å². The molecule has 0 unspecified atom stereocenters. The molecule has 2 aromatic rings. The van der Waals surface area contributed by atoms with E-state index in [2.05, 4.69) is 15.0 Å². The standard InChI is InChI=1S/C17H21N3O4/c1-11-18-17(19-24-11)13-3-5-20(6-4-13)9-12-7-14(21-2)16-15(8-12)22-10-23-16/h7-8,13H,3-6,9-10H2,1-2H3. The summed E-state index contributed by atoms with van der Waals surface area (Å²) in [5.74, 6) is 4.08. The lowest BCUT2D eigenvalue weighted by atomic mass is 9.96. The van der Waals surface area contributed by atoms with E-state index < -0.39 is 0 Å². The van der Waals surface area contributed by atoms with Crippen LogP contribution in [-0.2, 0) is 6.54 Å². The van der Waals surface area contributed by atoms with E-state index in [-0.39, 0.29) is 6.79 Å². The molecule has 1 aromatic carbocycles. The van der Waals surface area contributed by atoms with E-state index in [1.165, 1.54) is 5.56 Å². The number of ether oxygens (including phenoxy) is 3. The van der Waals surface area contributed by atoms with Gasteiger partial charge < -0.3 is 18.7 Å². The first-order valence-electron chi connectivity index (χ1n) is 8.22. The molecule has 1 fully saturated rings. The third-order valence-electron chi connectivity index (χ3n) is 4.62.